The molecular formula is C33H40BrN3O6. The number of Topliss-reactive ketones (excluding diaryl/α,β-unsaturated/α-hetero) is 1. The van der Waals surface area contributed by atoms with Crippen molar-refractivity contribution in [3.8, 4) is 5.75 Å². The molecule has 43 heavy (non-hydrogen) atoms. The molecular weight excluding hydrogens is 614 g/mol. The molecule has 2 amide bonds. The Kier molecular flexibility index (Phi) is 10.6. The Morgan fingerprint density at radius 1 is 0.953 bits per heavy atom. The van der Waals surface area contributed by atoms with E-state index in [2.05, 4.69) is 26.6 Å². The van der Waals surface area contributed by atoms with Gasteiger partial charge in [0, 0.05) is 22.5 Å². The van der Waals surface area contributed by atoms with Gasteiger partial charge in [-0.05, 0) is 98.8 Å². The summed E-state index contributed by atoms with van der Waals surface area (Å²) in [6, 6.07) is 13.6. The Morgan fingerprint density at radius 2 is 1.53 bits per heavy atom. The smallest absolute Gasteiger partial charge is 0.408 e. The Hall–Kier alpha value is -3.92. The zero-order valence-corrected chi connectivity index (χ0v) is 27.5. The van der Waals surface area contributed by atoms with Crippen molar-refractivity contribution in [2.45, 2.75) is 78.5 Å². The Labute approximate surface area is 261 Å². The molecule has 0 radical (unpaired) electrons. The number of nitrogens with zero attached hydrogens (tertiary/aromatic N) is 1. The van der Waals surface area contributed by atoms with E-state index in [-0.39, 0.29) is 24.4 Å². The van der Waals surface area contributed by atoms with Crippen molar-refractivity contribution < 1.29 is 23.9 Å². The van der Waals surface area contributed by atoms with E-state index in [4.69, 9.17) is 9.47 Å². The predicted molar refractivity (Wildman–Crippen MR) is 171 cm³/mol. The molecule has 0 aliphatic carbocycles. The molecule has 0 fully saturated rings. The van der Waals surface area contributed by atoms with Crippen LogP contribution in [0.15, 0.2) is 64.0 Å². The van der Waals surface area contributed by atoms with Gasteiger partial charge in [-0.15, -0.1) is 0 Å². The summed E-state index contributed by atoms with van der Waals surface area (Å²) in [5.41, 5.74) is 1.29. The number of benzene rings is 2. The lowest BCUT2D eigenvalue weighted by Gasteiger charge is -2.24. The summed E-state index contributed by atoms with van der Waals surface area (Å²) in [4.78, 5) is 52.1. The van der Waals surface area contributed by atoms with Crippen LogP contribution < -0.4 is 20.9 Å². The van der Waals surface area contributed by atoms with E-state index in [9.17, 15) is 19.2 Å². The molecule has 0 bridgehead atoms. The first kappa shape index (κ1) is 33.6. The lowest BCUT2D eigenvalue weighted by molar-refractivity contribution is -0.121. The van der Waals surface area contributed by atoms with Crippen molar-refractivity contribution >= 4 is 39.4 Å². The standard InChI is InChI=1S/C33H40BrN3O6/c1-20-26(34)19-37(18-23-11-15-25(42-8)16-12-23)30(40)28(20)36-29(39)27(35-31(41)43-32(3,4)5)17-22-9-13-24(14-10-22)33(6,7)21(2)38/h9-16,19,27H,17-18H2,1-8H3,(H,35,41)(H,36,39). The van der Waals surface area contributed by atoms with Crippen molar-refractivity contribution in [1.29, 1.82) is 0 Å². The van der Waals surface area contributed by atoms with E-state index in [1.807, 2.05) is 62.4 Å². The molecule has 0 saturated heterocycles. The second kappa shape index (κ2) is 13.6. The normalized spacial score (nSPS) is 12.3. The van der Waals surface area contributed by atoms with Crippen LogP contribution in [-0.2, 0) is 32.7 Å². The van der Waals surface area contributed by atoms with E-state index >= 15 is 0 Å². The predicted octanol–water partition coefficient (Wildman–Crippen LogP) is 5.92. The molecule has 3 aromatic rings. The van der Waals surface area contributed by atoms with Crippen LogP contribution in [0.3, 0.4) is 0 Å². The molecule has 0 aliphatic heterocycles. The van der Waals surface area contributed by atoms with E-state index in [0.29, 0.717) is 15.8 Å². The van der Waals surface area contributed by atoms with Crippen LogP contribution in [0.2, 0.25) is 0 Å². The van der Waals surface area contributed by atoms with E-state index in [0.717, 1.165) is 16.7 Å². The third-order valence-corrected chi connectivity index (χ3v) is 8.04. The minimum Gasteiger partial charge on any atom is -0.497 e. The van der Waals surface area contributed by atoms with E-state index < -0.39 is 34.6 Å². The first-order chi connectivity index (χ1) is 20.0. The molecule has 1 atom stereocenters. The molecule has 1 unspecified atom stereocenters. The van der Waals surface area contributed by atoms with Crippen LogP contribution in [0.25, 0.3) is 0 Å². The van der Waals surface area contributed by atoms with Gasteiger partial charge in [0.2, 0.25) is 5.91 Å². The fourth-order valence-electron chi connectivity index (χ4n) is 4.27. The molecule has 0 aliphatic rings. The molecule has 0 spiro atoms. The van der Waals surface area contributed by atoms with Gasteiger partial charge in [-0.25, -0.2) is 4.79 Å². The summed E-state index contributed by atoms with van der Waals surface area (Å²) in [5.74, 6) is 0.161. The monoisotopic (exact) mass is 653 g/mol. The third-order valence-electron chi connectivity index (χ3n) is 7.24. The van der Waals surface area contributed by atoms with Crippen LogP contribution in [0, 0.1) is 6.92 Å². The minimum atomic E-state index is -1.06. The van der Waals surface area contributed by atoms with Crippen molar-refractivity contribution in [3.05, 3.63) is 91.8 Å². The number of alkyl carbamates (subject to hydrolysis) is 1. The SMILES string of the molecule is COc1ccc(Cn2cc(Br)c(C)c(NC(=O)C(Cc3ccc(C(C)(C)C(C)=O)cc3)NC(=O)OC(C)(C)C)c2=O)cc1. The number of carbonyl (C=O) groups is 3. The highest BCUT2D eigenvalue weighted by Crippen LogP contribution is 2.25. The second-order valence-corrected chi connectivity index (χ2v) is 12.9. The number of nitrogens with one attached hydrogen (secondary N) is 2. The van der Waals surface area contributed by atoms with E-state index in [1.54, 1.807) is 47.9 Å². The number of pyridine rings is 1. The summed E-state index contributed by atoms with van der Waals surface area (Å²) < 4.78 is 12.8. The van der Waals surface area contributed by atoms with Crippen molar-refractivity contribution in [3.63, 3.8) is 0 Å². The Bertz CT molecular complexity index is 1540. The molecule has 2 aromatic carbocycles. The topological polar surface area (TPSA) is 116 Å². The zero-order chi connectivity index (χ0) is 32.1. The van der Waals surface area contributed by atoms with Crippen LogP contribution >= 0.6 is 15.9 Å². The average molecular weight is 655 g/mol. The number of methoxy groups -OCH3 is 1. The highest BCUT2D eigenvalue weighted by Gasteiger charge is 2.28. The number of carbonyl (C=O) groups excluding carboxylic acids is 3. The highest BCUT2D eigenvalue weighted by atomic mass is 79.9. The number of rotatable bonds is 10. The number of anilines is 1. The van der Waals surface area contributed by atoms with Gasteiger partial charge in [0.15, 0.2) is 0 Å². The van der Waals surface area contributed by atoms with Crippen LogP contribution in [-0.4, -0.2) is 41.1 Å². The molecule has 1 heterocycles. The van der Waals surface area contributed by atoms with Crippen LogP contribution in [0.5, 0.6) is 5.75 Å². The maximum atomic E-state index is 13.7. The summed E-state index contributed by atoms with van der Waals surface area (Å²) in [6.45, 7) is 12.4. The van der Waals surface area contributed by atoms with Gasteiger partial charge < -0.3 is 24.7 Å². The van der Waals surface area contributed by atoms with Crippen molar-refractivity contribution in [1.82, 2.24) is 9.88 Å². The summed E-state index contributed by atoms with van der Waals surface area (Å²) in [5, 5.41) is 5.43. The fourth-order valence-corrected chi connectivity index (χ4v) is 4.72. The lowest BCUT2D eigenvalue weighted by atomic mass is 9.81. The average Bonchev–Trinajstić information content (AvgIpc) is 2.93. The fraction of sp³-hybridized carbons (Fsp3) is 0.394. The maximum Gasteiger partial charge on any atom is 0.408 e. The molecule has 230 valence electrons. The molecule has 9 nitrogen and oxygen atoms in total. The highest BCUT2D eigenvalue weighted by molar-refractivity contribution is 9.10. The quantitative estimate of drug-likeness (QED) is 0.281. The van der Waals surface area contributed by atoms with Gasteiger partial charge in [-0.2, -0.15) is 0 Å². The number of aromatic nitrogens is 1. The first-order valence-electron chi connectivity index (χ1n) is 13.9. The van der Waals surface area contributed by atoms with Gasteiger partial charge in [-0.3, -0.25) is 14.4 Å². The number of hydrogen-bond donors (Lipinski definition) is 2. The number of hydrogen-bond acceptors (Lipinski definition) is 6. The van der Waals surface area contributed by atoms with Gasteiger partial charge >= 0.3 is 6.09 Å². The summed E-state index contributed by atoms with van der Waals surface area (Å²) >= 11 is 3.51. The largest absolute Gasteiger partial charge is 0.497 e. The molecule has 2 N–H and O–H groups in total. The Balaban J connectivity index is 1.92. The lowest BCUT2D eigenvalue weighted by Crippen LogP contribution is -2.47. The van der Waals surface area contributed by atoms with Crippen molar-refractivity contribution in [2.75, 3.05) is 12.4 Å². The molecule has 1 aromatic heterocycles. The number of ether oxygens (including phenoxy) is 2. The molecule has 0 saturated carbocycles. The van der Waals surface area contributed by atoms with Crippen LogP contribution in [0.4, 0.5) is 10.5 Å². The molecule has 10 heteroatoms. The Morgan fingerprint density at radius 3 is 2.07 bits per heavy atom. The van der Waals surface area contributed by atoms with Crippen molar-refractivity contribution in [2.24, 2.45) is 0 Å². The number of ketones is 1. The van der Waals surface area contributed by atoms with Crippen LogP contribution in [0.1, 0.15) is 63.8 Å². The third kappa shape index (κ3) is 8.79. The van der Waals surface area contributed by atoms with Gasteiger partial charge in [-0.1, -0.05) is 36.4 Å². The van der Waals surface area contributed by atoms with Gasteiger partial charge in [0.05, 0.1) is 13.7 Å². The minimum absolute atomic E-state index is 0.0335. The summed E-state index contributed by atoms with van der Waals surface area (Å²) in [7, 11) is 1.58. The first-order valence-corrected chi connectivity index (χ1v) is 14.7. The van der Waals surface area contributed by atoms with E-state index in [1.165, 1.54) is 4.57 Å². The zero-order valence-electron chi connectivity index (χ0n) is 26.0. The second-order valence-electron chi connectivity index (χ2n) is 12.0. The van der Waals surface area contributed by atoms with Gasteiger partial charge in [0.1, 0.15) is 28.9 Å². The number of halogens is 1. The summed E-state index contributed by atoms with van der Waals surface area (Å²) in [6.07, 6.45) is 1.04. The van der Waals surface area contributed by atoms with Gasteiger partial charge in [0.25, 0.3) is 5.56 Å². The maximum absolute atomic E-state index is 13.7. The molecule has 3 rings (SSSR count). The number of amides is 2.